The van der Waals surface area contributed by atoms with E-state index in [1.165, 1.54) is 7.05 Å². The molecule has 0 saturated carbocycles. The number of hydrogen-bond acceptors (Lipinski definition) is 4. The minimum Gasteiger partial charge on any atom is -0.359 e. The van der Waals surface area contributed by atoms with Gasteiger partial charge >= 0.3 is 6.03 Å². The lowest BCUT2D eigenvalue weighted by Gasteiger charge is -2.37. The van der Waals surface area contributed by atoms with Crippen LogP contribution in [0.25, 0.3) is 0 Å². The van der Waals surface area contributed by atoms with Crippen LogP contribution in [0.5, 0.6) is 0 Å². The average Bonchev–Trinajstić information content (AvgIpc) is 2.47. The fourth-order valence-electron chi connectivity index (χ4n) is 2.44. The number of amides is 3. The molecule has 2 atom stereocenters. The Kier molecular flexibility index (Phi) is 4.24. The second kappa shape index (κ2) is 5.92. The number of carbonyl (C=O) groups excluding carboxylic acids is 2. The zero-order valence-electron chi connectivity index (χ0n) is 11.7. The van der Waals surface area contributed by atoms with E-state index >= 15 is 0 Å². The van der Waals surface area contributed by atoms with Crippen molar-refractivity contribution in [3.63, 3.8) is 0 Å². The van der Waals surface area contributed by atoms with E-state index < -0.39 is 12.1 Å². The van der Waals surface area contributed by atoms with Crippen molar-refractivity contribution in [3.05, 3.63) is 29.8 Å². The van der Waals surface area contributed by atoms with Gasteiger partial charge in [-0.1, -0.05) is 18.2 Å². The number of nitrogens with zero attached hydrogens (tertiary/aromatic N) is 1. The number of imide groups is 1. The number of carbonyl (C=O) groups is 2. The molecule has 0 saturated heterocycles. The highest BCUT2D eigenvalue weighted by molar-refractivity contribution is 5.98. The smallest absolute Gasteiger partial charge is 0.321 e. The van der Waals surface area contributed by atoms with Crippen molar-refractivity contribution in [1.29, 1.82) is 0 Å². The third-order valence-electron chi connectivity index (χ3n) is 3.64. The highest BCUT2D eigenvalue weighted by Crippen LogP contribution is 2.33. The number of nitrogens with two attached hydrogens (primary N) is 1. The standard InChI is InChI=1S/C14H20N4O2/c1-9(13(19)17-14(20)16-2)18-8-7-11(15)10-5-3-4-6-12(10)18/h3-6,9,11H,7-8,15H2,1-2H3,(H2,16,17,19,20). The van der Waals surface area contributed by atoms with Crippen molar-refractivity contribution in [2.45, 2.75) is 25.4 Å². The molecule has 20 heavy (non-hydrogen) atoms. The van der Waals surface area contributed by atoms with Gasteiger partial charge in [0.2, 0.25) is 5.91 Å². The van der Waals surface area contributed by atoms with Gasteiger partial charge in [0.05, 0.1) is 0 Å². The molecule has 108 valence electrons. The van der Waals surface area contributed by atoms with Gasteiger partial charge in [-0.3, -0.25) is 10.1 Å². The van der Waals surface area contributed by atoms with Gasteiger partial charge < -0.3 is 16.0 Å². The van der Waals surface area contributed by atoms with Crippen LogP contribution in [0.1, 0.15) is 24.9 Å². The first kappa shape index (κ1) is 14.3. The fourth-order valence-corrected chi connectivity index (χ4v) is 2.44. The van der Waals surface area contributed by atoms with Crippen LogP contribution in [0.4, 0.5) is 10.5 Å². The van der Waals surface area contributed by atoms with Gasteiger partial charge in [0.15, 0.2) is 0 Å². The van der Waals surface area contributed by atoms with E-state index in [4.69, 9.17) is 5.73 Å². The molecule has 0 bridgehead atoms. The minimum atomic E-state index is -0.496. The summed E-state index contributed by atoms with van der Waals surface area (Å²) in [6.07, 6.45) is 0.786. The molecule has 1 aromatic rings. The molecule has 0 spiro atoms. The number of benzene rings is 1. The molecule has 1 aliphatic heterocycles. The van der Waals surface area contributed by atoms with Crippen LogP contribution in [0.15, 0.2) is 24.3 Å². The van der Waals surface area contributed by atoms with Gasteiger partial charge in [0.25, 0.3) is 0 Å². The Morgan fingerprint density at radius 1 is 1.40 bits per heavy atom. The normalized spacial score (nSPS) is 18.9. The van der Waals surface area contributed by atoms with Gasteiger partial charge in [-0.25, -0.2) is 4.79 Å². The predicted molar refractivity (Wildman–Crippen MR) is 77.4 cm³/mol. The Hall–Kier alpha value is -2.08. The van der Waals surface area contributed by atoms with E-state index in [0.29, 0.717) is 6.54 Å². The maximum absolute atomic E-state index is 12.1. The van der Waals surface area contributed by atoms with Crippen molar-refractivity contribution in [1.82, 2.24) is 10.6 Å². The summed E-state index contributed by atoms with van der Waals surface area (Å²) in [5, 5.41) is 4.68. The molecule has 3 amide bonds. The molecule has 0 fully saturated rings. The summed E-state index contributed by atoms with van der Waals surface area (Å²) in [7, 11) is 1.47. The van der Waals surface area contributed by atoms with Crippen LogP contribution in [-0.4, -0.2) is 31.6 Å². The molecule has 1 aromatic carbocycles. The molecule has 0 aromatic heterocycles. The van der Waals surface area contributed by atoms with Crippen molar-refractivity contribution in [3.8, 4) is 0 Å². The van der Waals surface area contributed by atoms with E-state index in [1.807, 2.05) is 29.2 Å². The number of urea groups is 1. The third kappa shape index (κ3) is 2.75. The molecule has 6 nitrogen and oxygen atoms in total. The number of hydrogen-bond donors (Lipinski definition) is 3. The highest BCUT2D eigenvalue weighted by Gasteiger charge is 2.29. The van der Waals surface area contributed by atoms with Gasteiger partial charge in [-0.05, 0) is 25.0 Å². The molecule has 2 unspecified atom stereocenters. The van der Waals surface area contributed by atoms with Crippen LogP contribution in [0, 0.1) is 0 Å². The summed E-state index contributed by atoms with van der Waals surface area (Å²) in [5.74, 6) is -0.324. The van der Waals surface area contributed by atoms with Gasteiger partial charge in [-0.15, -0.1) is 0 Å². The lowest BCUT2D eigenvalue weighted by Crippen LogP contribution is -2.51. The van der Waals surface area contributed by atoms with Crippen molar-refractivity contribution in [2.24, 2.45) is 5.73 Å². The summed E-state index contributed by atoms with van der Waals surface area (Å²) in [5.41, 5.74) is 8.10. The second-order valence-corrected chi connectivity index (χ2v) is 4.89. The first-order valence-corrected chi connectivity index (χ1v) is 6.68. The third-order valence-corrected chi connectivity index (χ3v) is 3.64. The summed E-state index contributed by atoms with van der Waals surface area (Å²) < 4.78 is 0. The number of nitrogens with one attached hydrogen (secondary N) is 2. The summed E-state index contributed by atoms with van der Waals surface area (Å²) in [6, 6.07) is 6.87. The average molecular weight is 276 g/mol. The fraction of sp³-hybridized carbons (Fsp3) is 0.429. The summed E-state index contributed by atoms with van der Waals surface area (Å²) in [4.78, 5) is 25.3. The molecule has 2 rings (SSSR count). The van der Waals surface area contributed by atoms with Crippen LogP contribution in [0.3, 0.4) is 0 Å². The SMILES string of the molecule is CNC(=O)NC(=O)C(C)N1CCC(N)c2ccccc21. The number of anilines is 1. The summed E-state index contributed by atoms with van der Waals surface area (Å²) >= 11 is 0. The van der Waals surface area contributed by atoms with E-state index in [1.54, 1.807) is 6.92 Å². The Morgan fingerprint density at radius 2 is 2.10 bits per heavy atom. The van der Waals surface area contributed by atoms with E-state index in [9.17, 15) is 9.59 Å². The molecular formula is C14H20N4O2. The molecule has 0 radical (unpaired) electrons. The van der Waals surface area contributed by atoms with Crippen molar-refractivity contribution in [2.75, 3.05) is 18.5 Å². The van der Waals surface area contributed by atoms with Gasteiger partial charge in [0.1, 0.15) is 6.04 Å². The van der Waals surface area contributed by atoms with E-state index in [0.717, 1.165) is 17.7 Å². The first-order chi connectivity index (χ1) is 9.54. The first-order valence-electron chi connectivity index (χ1n) is 6.68. The molecule has 4 N–H and O–H groups in total. The van der Waals surface area contributed by atoms with Crippen LogP contribution in [-0.2, 0) is 4.79 Å². The zero-order chi connectivity index (χ0) is 14.7. The number of fused-ring (bicyclic) bond motifs is 1. The second-order valence-electron chi connectivity index (χ2n) is 4.89. The highest BCUT2D eigenvalue weighted by atomic mass is 16.2. The molecular weight excluding hydrogens is 256 g/mol. The van der Waals surface area contributed by atoms with Gasteiger partial charge in [0, 0.05) is 25.3 Å². The lowest BCUT2D eigenvalue weighted by atomic mass is 9.96. The van der Waals surface area contributed by atoms with Crippen molar-refractivity contribution >= 4 is 17.6 Å². The molecule has 6 heteroatoms. The molecule has 1 heterocycles. The Labute approximate surface area is 118 Å². The van der Waals surface area contributed by atoms with Crippen LogP contribution < -0.4 is 21.3 Å². The van der Waals surface area contributed by atoms with E-state index in [-0.39, 0.29) is 11.9 Å². The number of rotatable bonds is 2. The Morgan fingerprint density at radius 3 is 2.80 bits per heavy atom. The quantitative estimate of drug-likeness (QED) is 0.743. The summed E-state index contributed by atoms with van der Waals surface area (Å²) in [6.45, 7) is 2.48. The largest absolute Gasteiger partial charge is 0.359 e. The predicted octanol–water partition coefficient (Wildman–Crippen LogP) is 0.741. The Bertz CT molecular complexity index is 518. The Balaban J connectivity index is 2.19. The van der Waals surface area contributed by atoms with Crippen molar-refractivity contribution < 1.29 is 9.59 Å². The zero-order valence-corrected chi connectivity index (χ0v) is 11.7. The maximum atomic E-state index is 12.1. The maximum Gasteiger partial charge on any atom is 0.321 e. The van der Waals surface area contributed by atoms with Crippen LogP contribution in [0.2, 0.25) is 0 Å². The van der Waals surface area contributed by atoms with Crippen LogP contribution >= 0.6 is 0 Å². The van der Waals surface area contributed by atoms with E-state index in [2.05, 4.69) is 10.6 Å². The topological polar surface area (TPSA) is 87.5 Å². The van der Waals surface area contributed by atoms with Gasteiger partial charge in [-0.2, -0.15) is 0 Å². The monoisotopic (exact) mass is 276 g/mol. The molecule has 1 aliphatic rings. The minimum absolute atomic E-state index is 0.00310. The lowest BCUT2D eigenvalue weighted by molar-refractivity contribution is -0.121. The molecule has 0 aliphatic carbocycles. The number of para-hydroxylation sites is 1.